The van der Waals surface area contributed by atoms with Gasteiger partial charge < -0.3 is 19.6 Å². The number of aromatic amines is 1. The standard InChI is InChI=1S/C23H26N2O5S2/c1-14(2)29-21-12-17(30-16-4-6-19(7-5-16)32(3,27)28)10-15-11-20(25-22(15)21)23-24-13-18(31-23)8-9-26/h4-7,10-12,14,18,25-26H,8-9,13H2,1-3H3. The molecule has 0 radical (unpaired) electrons. The summed E-state index contributed by atoms with van der Waals surface area (Å²) in [6.45, 7) is 4.78. The number of sulfone groups is 1. The molecule has 0 aliphatic carbocycles. The zero-order valence-electron chi connectivity index (χ0n) is 18.2. The van der Waals surface area contributed by atoms with Crippen LogP contribution >= 0.6 is 11.8 Å². The van der Waals surface area contributed by atoms with Crippen LogP contribution in [0.5, 0.6) is 17.2 Å². The summed E-state index contributed by atoms with van der Waals surface area (Å²) < 4.78 is 35.4. The van der Waals surface area contributed by atoms with Crippen molar-refractivity contribution in [3.8, 4) is 17.2 Å². The molecule has 0 saturated heterocycles. The summed E-state index contributed by atoms with van der Waals surface area (Å²) in [6.07, 6.45) is 1.87. The first kappa shape index (κ1) is 22.7. The molecule has 32 heavy (non-hydrogen) atoms. The van der Waals surface area contributed by atoms with E-state index >= 15 is 0 Å². The number of aliphatic hydroxyl groups is 1. The number of ether oxygens (including phenoxy) is 2. The molecule has 0 amide bonds. The van der Waals surface area contributed by atoms with Gasteiger partial charge in [-0.3, -0.25) is 4.99 Å². The lowest BCUT2D eigenvalue weighted by molar-refractivity contribution is 0.244. The quantitative estimate of drug-likeness (QED) is 0.502. The predicted octanol–water partition coefficient (Wildman–Crippen LogP) is 4.40. The predicted molar refractivity (Wildman–Crippen MR) is 128 cm³/mol. The van der Waals surface area contributed by atoms with E-state index in [1.54, 1.807) is 23.9 Å². The minimum absolute atomic E-state index is 0.0265. The van der Waals surface area contributed by atoms with Crippen molar-refractivity contribution in [2.75, 3.05) is 19.4 Å². The Morgan fingerprint density at radius 1 is 1.19 bits per heavy atom. The van der Waals surface area contributed by atoms with Gasteiger partial charge in [-0.25, -0.2) is 8.42 Å². The van der Waals surface area contributed by atoms with Gasteiger partial charge in [-0.15, -0.1) is 0 Å². The van der Waals surface area contributed by atoms with E-state index in [4.69, 9.17) is 9.47 Å². The van der Waals surface area contributed by atoms with Crippen molar-refractivity contribution in [3.63, 3.8) is 0 Å². The molecule has 9 heteroatoms. The van der Waals surface area contributed by atoms with Gasteiger partial charge in [0.05, 0.1) is 28.8 Å². The molecular formula is C23H26N2O5S2. The lowest BCUT2D eigenvalue weighted by Crippen LogP contribution is -2.06. The first-order valence-electron chi connectivity index (χ1n) is 10.4. The first-order chi connectivity index (χ1) is 15.2. The lowest BCUT2D eigenvalue weighted by Gasteiger charge is -2.13. The molecule has 1 unspecified atom stereocenters. The van der Waals surface area contributed by atoms with Gasteiger partial charge in [0, 0.05) is 29.6 Å². The monoisotopic (exact) mass is 474 g/mol. The maximum Gasteiger partial charge on any atom is 0.175 e. The highest BCUT2D eigenvalue weighted by molar-refractivity contribution is 8.15. The van der Waals surface area contributed by atoms with Gasteiger partial charge in [-0.05, 0) is 56.7 Å². The molecule has 2 aromatic carbocycles. The molecule has 1 aliphatic heterocycles. The Labute approximate surface area is 191 Å². The Hall–Kier alpha value is -2.49. The minimum Gasteiger partial charge on any atom is -0.489 e. The third kappa shape index (κ3) is 5.11. The number of rotatable bonds is 8. The van der Waals surface area contributed by atoms with Crippen molar-refractivity contribution < 1.29 is 23.0 Å². The number of thioether (sulfide) groups is 1. The first-order valence-corrected chi connectivity index (χ1v) is 13.1. The van der Waals surface area contributed by atoms with Gasteiger partial charge >= 0.3 is 0 Å². The van der Waals surface area contributed by atoms with Crippen molar-refractivity contribution in [2.45, 2.75) is 36.5 Å². The van der Waals surface area contributed by atoms with Crippen LogP contribution in [0.15, 0.2) is 52.4 Å². The number of fused-ring (bicyclic) bond motifs is 1. The van der Waals surface area contributed by atoms with Crippen LogP contribution in [0.4, 0.5) is 0 Å². The van der Waals surface area contributed by atoms with Gasteiger partial charge in [0.2, 0.25) is 0 Å². The molecule has 2 heterocycles. The summed E-state index contributed by atoms with van der Waals surface area (Å²) in [7, 11) is -3.26. The van der Waals surface area contributed by atoms with E-state index in [0.717, 1.165) is 28.1 Å². The lowest BCUT2D eigenvalue weighted by atomic mass is 10.2. The van der Waals surface area contributed by atoms with E-state index in [0.29, 0.717) is 29.0 Å². The number of hydrogen-bond acceptors (Lipinski definition) is 7. The maximum atomic E-state index is 11.7. The average molecular weight is 475 g/mol. The Morgan fingerprint density at radius 3 is 2.59 bits per heavy atom. The molecule has 4 rings (SSSR count). The van der Waals surface area contributed by atoms with Crippen LogP contribution in [0.1, 0.15) is 26.0 Å². The third-order valence-electron chi connectivity index (χ3n) is 4.91. The van der Waals surface area contributed by atoms with Gasteiger partial charge in [0.25, 0.3) is 0 Å². The van der Waals surface area contributed by atoms with Gasteiger partial charge in [-0.1, -0.05) is 11.8 Å². The van der Waals surface area contributed by atoms with Gasteiger partial charge in [0.1, 0.15) is 22.3 Å². The highest BCUT2D eigenvalue weighted by atomic mass is 32.2. The molecule has 0 saturated carbocycles. The van der Waals surface area contributed by atoms with E-state index in [-0.39, 0.29) is 17.6 Å². The fraction of sp³-hybridized carbons (Fsp3) is 0.348. The van der Waals surface area contributed by atoms with E-state index in [1.165, 1.54) is 18.4 Å². The Kier molecular flexibility index (Phi) is 6.50. The molecule has 1 aliphatic rings. The molecule has 1 atom stereocenters. The molecule has 0 bridgehead atoms. The van der Waals surface area contributed by atoms with Crippen molar-refractivity contribution >= 4 is 37.5 Å². The number of H-pyrrole nitrogens is 1. The SMILES string of the molecule is CC(C)Oc1cc(Oc2ccc(S(C)(=O)=O)cc2)cc2cc(C3=NCC(CCO)S3)[nH]c12. The van der Waals surface area contributed by atoms with Crippen LogP contribution in [0, 0.1) is 0 Å². The molecule has 0 spiro atoms. The van der Waals surface area contributed by atoms with Gasteiger partial charge in [0.15, 0.2) is 9.84 Å². The highest BCUT2D eigenvalue weighted by Gasteiger charge is 2.22. The van der Waals surface area contributed by atoms with Crippen molar-refractivity contribution in [1.82, 2.24) is 4.98 Å². The second-order valence-corrected chi connectivity index (χ2v) is 11.3. The topological polar surface area (TPSA) is 101 Å². The molecule has 170 valence electrons. The van der Waals surface area contributed by atoms with Crippen LogP contribution < -0.4 is 9.47 Å². The molecule has 0 fully saturated rings. The van der Waals surface area contributed by atoms with Crippen LogP contribution in [0.2, 0.25) is 0 Å². The zero-order chi connectivity index (χ0) is 22.9. The second-order valence-electron chi connectivity index (χ2n) is 7.98. The summed E-state index contributed by atoms with van der Waals surface area (Å²) in [5, 5.41) is 11.3. The summed E-state index contributed by atoms with van der Waals surface area (Å²) in [5.41, 5.74) is 1.77. The van der Waals surface area contributed by atoms with E-state index in [2.05, 4.69) is 9.98 Å². The van der Waals surface area contributed by atoms with Crippen LogP contribution in [0.3, 0.4) is 0 Å². The van der Waals surface area contributed by atoms with E-state index in [9.17, 15) is 13.5 Å². The Bertz CT molecular complexity index is 1250. The van der Waals surface area contributed by atoms with Crippen molar-refractivity contribution in [3.05, 3.63) is 48.2 Å². The number of aromatic nitrogens is 1. The van der Waals surface area contributed by atoms with Crippen LogP contribution in [-0.4, -0.2) is 54.3 Å². The molecule has 3 aromatic rings. The number of aliphatic imine (C=N–C) groups is 1. The maximum absolute atomic E-state index is 11.7. The Balaban J connectivity index is 1.65. The van der Waals surface area contributed by atoms with E-state index in [1.807, 2.05) is 32.0 Å². The Morgan fingerprint density at radius 2 is 1.94 bits per heavy atom. The number of aliphatic hydroxyl groups excluding tert-OH is 1. The van der Waals surface area contributed by atoms with Gasteiger partial charge in [-0.2, -0.15) is 0 Å². The zero-order valence-corrected chi connectivity index (χ0v) is 19.8. The fourth-order valence-corrected chi connectivity index (χ4v) is 5.16. The summed E-state index contributed by atoms with van der Waals surface area (Å²) in [6, 6.07) is 12.1. The van der Waals surface area contributed by atoms with Crippen LogP contribution in [0.25, 0.3) is 10.9 Å². The number of nitrogens with one attached hydrogen (secondary N) is 1. The average Bonchev–Trinajstić information content (AvgIpc) is 3.34. The second kappa shape index (κ2) is 9.17. The van der Waals surface area contributed by atoms with Crippen molar-refractivity contribution in [1.29, 1.82) is 0 Å². The summed E-state index contributed by atoms with van der Waals surface area (Å²) >= 11 is 1.67. The van der Waals surface area contributed by atoms with Crippen LogP contribution in [-0.2, 0) is 9.84 Å². The normalized spacial score (nSPS) is 16.5. The molecule has 2 N–H and O–H groups in total. The summed E-state index contributed by atoms with van der Waals surface area (Å²) in [5.74, 6) is 1.79. The molecule has 1 aromatic heterocycles. The molecule has 7 nitrogen and oxygen atoms in total. The van der Waals surface area contributed by atoms with E-state index < -0.39 is 9.84 Å². The largest absolute Gasteiger partial charge is 0.489 e. The third-order valence-corrected chi connectivity index (χ3v) is 7.33. The highest BCUT2D eigenvalue weighted by Crippen LogP contribution is 2.36. The number of benzene rings is 2. The number of hydrogen-bond donors (Lipinski definition) is 2. The minimum atomic E-state index is -3.26. The summed E-state index contributed by atoms with van der Waals surface area (Å²) in [4.78, 5) is 8.30. The van der Waals surface area contributed by atoms with Crippen molar-refractivity contribution in [2.24, 2.45) is 4.99 Å². The smallest absolute Gasteiger partial charge is 0.175 e. The number of nitrogens with zero attached hydrogens (tertiary/aromatic N) is 1. The fourth-order valence-electron chi connectivity index (χ4n) is 3.46. The molecular weight excluding hydrogens is 448 g/mol.